The van der Waals surface area contributed by atoms with Crippen LogP contribution in [0.4, 0.5) is 0 Å². The summed E-state index contributed by atoms with van der Waals surface area (Å²) in [6.45, 7) is 2.27. The molecule has 5 heteroatoms. The van der Waals surface area contributed by atoms with Crippen molar-refractivity contribution in [2.45, 2.75) is 6.92 Å². The Morgan fingerprint density at radius 1 is 1.73 bits per heavy atom. The normalized spacial score (nSPS) is 17.5. The predicted molar refractivity (Wildman–Crippen MR) is 50.4 cm³/mol. The van der Waals surface area contributed by atoms with E-state index >= 15 is 0 Å². The second-order valence-electron chi connectivity index (χ2n) is 2.22. The predicted octanol–water partition coefficient (Wildman–Crippen LogP) is 0.194. The zero-order valence-corrected chi connectivity index (χ0v) is 7.68. The van der Waals surface area contributed by atoms with Crippen molar-refractivity contribution < 1.29 is 4.79 Å². The second kappa shape index (κ2) is 3.23. The number of carbonyl (C=O) groups is 1. The molecular formula is C6H8N2OS2. The van der Waals surface area contributed by atoms with Gasteiger partial charge in [-0.1, -0.05) is 0 Å². The lowest BCUT2D eigenvalue weighted by Gasteiger charge is -2.19. The Labute approximate surface area is 75.6 Å². The monoisotopic (exact) mass is 188 g/mol. The molecule has 0 bridgehead atoms. The van der Waals surface area contributed by atoms with E-state index in [0.717, 1.165) is 5.70 Å². The van der Waals surface area contributed by atoms with Gasteiger partial charge in [0.15, 0.2) is 5.11 Å². The first-order valence-electron chi connectivity index (χ1n) is 3.09. The molecule has 0 aromatic rings. The van der Waals surface area contributed by atoms with Gasteiger partial charge in [0.25, 0.3) is 0 Å². The van der Waals surface area contributed by atoms with E-state index in [2.05, 4.69) is 23.3 Å². The quantitative estimate of drug-likeness (QED) is 0.406. The number of hydrogen-bond donors (Lipinski definition) is 3. The molecule has 0 spiro atoms. The lowest BCUT2D eigenvalue weighted by Crippen LogP contribution is -2.42. The van der Waals surface area contributed by atoms with Crippen LogP contribution in [0.2, 0.25) is 0 Å². The standard InChI is InChI=1S/C6H8N2OS2/c1-3-4(5(9)10)2-7-6(11)8-3/h2H2,1H3,(H,9,10)(H2,7,8,11). The van der Waals surface area contributed by atoms with E-state index in [4.69, 9.17) is 12.2 Å². The number of thiol groups is 1. The van der Waals surface area contributed by atoms with E-state index in [0.29, 0.717) is 17.2 Å². The van der Waals surface area contributed by atoms with Crippen molar-refractivity contribution in [2.75, 3.05) is 6.54 Å². The fourth-order valence-corrected chi connectivity index (χ4v) is 1.30. The number of allylic oxidation sites excluding steroid dienone is 1. The minimum atomic E-state index is -0.218. The number of thiocarbonyl (C=S) groups is 1. The maximum Gasteiger partial charge on any atom is 0.215 e. The van der Waals surface area contributed by atoms with Gasteiger partial charge in [-0.25, -0.2) is 0 Å². The van der Waals surface area contributed by atoms with Crippen LogP contribution in [0.3, 0.4) is 0 Å². The molecule has 0 atom stereocenters. The smallest absolute Gasteiger partial charge is 0.215 e. The largest absolute Gasteiger partial charge is 0.358 e. The van der Waals surface area contributed by atoms with Gasteiger partial charge in [-0.2, -0.15) is 0 Å². The van der Waals surface area contributed by atoms with E-state index in [-0.39, 0.29) is 5.12 Å². The van der Waals surface area contributed by atoms with Crippen molar-refractivity contribution in [1.29, 1.82) is 0 Å². The number of rotatable bonds is 1. The summed E-state index contributed by atoms with van der Waals surface area (Å²) in [5, 5.41) is 6.02. The van der Waals surface area contributed by atoms with Crippen LogP contribution in [-0.4, -0.2) is 16.8 Å². The molecule has 0 saturated carbocycles. The third-order valence-electron chi connectivity index (χ3n) is 1.44. The van der Waals surface area contributed by atoms with E-state index in [1.54, 1.807) is 6.92 Å². The molecule has 1 aliphatic rings. The van der Waals surface area contributed by atoms with Crippen LogP contribution >= 0.6 is 24.8 Å². The van der Waals surface area contributed by atoms with Crippen molar-refractivity contribution in [2.24, 2.45) is 0 Å². The van der Waals surface area contributed by atoms with Gasteiger partial charge in [-0.15, -0.1) is 12.6 Å². The van der Waals surface area contributed by atoms with Gasteiger partial charge in [-0.05, 0) is 19.1 Å². The van der Waals surface area contributed by atoms with E-state index in [1.807, 2.05) is 0 Å². The van der Waals surface area contributed by atoms with Crippen molar-refractivity contribution in [3.05, 3.63) is 11.3 Å². The van der Waals surface area contributed by atoms with Crippen LogP contribution in [0, 0.1) is 0 Å². The average Bonchev–Trinajstić information content (AvgIpc) is 1.85. The van der Waals surface area contributed by atoms with Gasteiger partial charge in [-0.3, -0.25) is 4.79 Å². The highest BCUT2D eigenvalue weighted by Gasteiger charge is 2.14. The lowest BCUT2D eigenvalue weighted by atomic mass is 10.2. The maximum atomic E-state index is 10.8. The molecule has 0 amide bonds. The van der Waals surface area contributed by atoms with E-state index in [1.165, 1.54) is 0 Å². The molecule has 0 aliphatic carbocycles. The molecule has 0 fully saturated rings. The van der Waals surface area contributed by atoms with Crippen LogP contribution in [0.15, 0.2) is 11.3 Å². The topological polar surface area (TPSA) is 41.1 Å². The van der Waals surface area contributed by atoms with Gasteiger partial charge in [0, 0.05) is 17.8 Å². The Morgan fingerprint density at radius 3 is 2.82 bits per heavy atom. The first kappa shape index (κ1) is 8.55. The van der Waals surface area contributed by atoms with Crippen molar-refractivity contribution in [3.63, 3.8) is 0 Å². The SMILES string of the molecule is CC1=C(C(=O)S)CNC(=S)N1. The summed E-state index contributed by atoms with van der Waals surface area (Å²) in [6.07, 6.45) is 0. The van der Waals surface area contributed by atoms with Gasteiger partial charge < -0.3 is 10.6 Å². The minimum Gasteiger partial charge on any atom is -0.358 e. The summed E-state index contributed by atoms with van der Waals surface area (Å²) in [6, 6.07) is 0. The summed E-state index contributed by atoms with van der Waals surface area (Å²) < 4.78 is 0. The Bertz CT molecular complexity index is 247. The number of hydrogen-bond acceptors (Lipinski definition) is 2. The molecule has 60 valence electrons. The molecule has 1 aliphatic heterocycles. The van der Waals surface area contributed by atoms with Crippen molar-refractivity contribution in [3.8, 4) is 0 Å². The van der Waals surface area contributed by atoms with Crippen molar-refractivity contribution in [1.82, 2.24) is 10.6 Å². The first-order valence-corrected chi connectivity index (χ1v) is 3.94. The molecule has 3 nitrogen and oxygen atoms in total. The molecule has 1 heterocycles. The van der Waals surface area contributed by atoms with Gasteiger partial charge in [0.1, 0.15) is 0 Å². The van der Waals surface area contributed by atoms with Crippen LogP contribution in [0.25, 0.3) is 0 Å². The second-order valence-corrected chi connectivity index (χ2v) is 3.03. The van der Waals surface area contributed by atoms with Crippen LogP contribution < -0.4 is 10.6 Å². The summed E-state index contributed by atoms with van der Waals surface area (Å²) in [5.74, 6) is 0. The van der Waals surface area contributed by atoms with Crippen LogP contribution in [-0.2, 0) is 4.79 Å². The van der Waals surface area contributed by atoms with E-state index in [9.17, 15) is 4.79 Å². The lowest BCUT2D eigenvalue weighted by molar-refractivity contribution is -0.107. The van der Waals surface area contributed by atoms with Gasteiger partial charge >= 0.3 is 0 Å². The fraction of sp³-hybridized carbons (Fsp3) is 0.333. The Kier molecular flexibility index (Phi) is 2.51. The molecule has 0 aromatic heterocycles. The third-order valence-corrected chi connectivity index (χ3v) is 1.95. The Morgan fingerprint density at radius 2 is 2.36 bits per heavy atom. The third kappa shape index (κ3) is 1.94. The zero-order valence-electron chi connectivity index (χ0n) is 5.97. The average molecular weight is 188 g/mol. The van der Waals surface area contributed by atoms with Crippen LogP contribution in [0.5, 0.6) is 0 Å². The summed E-state index contributed by atoms with van der Waals surface area (Å²) in [4.78, 5) is 10.8. The summed E-state index contributed by atoms with van der Waals surface area (Å²) in [7, 11) is 0. The Hall–Kier alpha value is -0.550. The Balaban J connectivity index is 2.86. The number of nitrogens with one attached hydrogen (secondary N) is 2. The molecule has 0 aromatic carbocycles. The molecule has 0 saturated heterocycles. The first-order chi connectivity index (χ1) is 5.11. The molecule has 0 radical (unpaired) electrons. The van der Waals surface area contributed by atoms with Gasteiger partial charge in [0.2, 0.25) is 5.12 Å². The molecule has 2 N–H and O–H groups in total. The molecular weight excluding hydrogens is 180 g/mol. The highest BCUT2D eigenvalue weighted by molar-refractivity contribution is 7.97. The summed E-state index contributed by atoms with van der Waals surface area (Å²) >= 11 is 8.54. The molecule has 1 rings (SSSR count). The summed E-state index contributed by atoms with van der Waals surface area (Å²) in [5.41, 5.74) is 1.43. The van der Waals surface area contributed by atoms with Crippen molar-refractivity contribution >= 4 is 35.1 Å². The molecule has 0 unspecified atom stereocenters. The van der Waals surface area contributed by atoms with E-state index < -0.39 is 0 Å². The highest BCUT2D eigenvalue weighted by Crippen LogP contribution is 2.07. The van der Waals surface area contributed by atoms with Crippen LogP contribution in [0.1, 0.15) is 6.92 Å². The minimum absolute atomic E-state index is 0.218. The molecule has 11 heavy (non-hydrogen) atoms. The maximum absolute atomic E-state index is 10.8. The van der Waals surface area contributed by atoms with Gasteiger partial charge in [0.05, 0.1) is 0 Å². The highest BCUT2D eigenvalue weighted by atomic mass is 32.1. The zero-order chi connectivity index (χ0) is 8.43. The fourth-order valence-electron chi connectivity index (χ4n) is 0.827. The number of carbonyl (C=O) groups excluding carboxylic acids is 1.